The smallest absolute Gasteiger partial charge is 0.168 e. The Morgan fingerprint density at radius 1 is 1.24 bits per heavy atom. The van der Waals surface area contributed by atoms with Gasteiger partial charge in [0.15, 0.2) is 11.6 Å². The summed E-state index contributed by atoms with van der Waals surface area (Å²) < 4.78 is 20.5. The molecule has 0 aliphatic rings. The van der Waals surface area contributed by atoms with E-state index in [4.69, 9.17) is 4.74 Å². The minimum atomic E-state index is -0.270. The summed E-state index contributed by atoms with van der Waals surface area (Å²) in [5.41, 5.74) is 1.84. The second-order valence-corrected chi connectivity index (χ2v) is 6.05. The molecule has 0 aliphatic carbocycles. The Morgan fingerprint density at radius 3 is 2.67 bits per heavy atom. The monoisotopic (exact) mass is 399 g/mol. The Balaban J connectivity index is 2.28. The van der Waals surface area contributed by atoms with Gasteiger partial charge in [0.05, 0.1) is 7.11 Å². The summed E-state index contributed by atoms with van der Waals surface area (Å²) in [7, 11) is 1.49. The fourth-order valence-electron chi connectivity index (χ4n) is 2.37. The average molecular weight is 399 g/mol. The molecule has 0 radical (unpaired) electrons. The maximum Gasteiger partial charge on any atom is 0.168 e. The summed E-state index contributed by atoms with van der Waals surface area (Å²) in [5, 5.41) is 3.43. The Kier molecular flexibility index (Phi) is 5.99. The topological polar surface area (TPSA) is 21.3 Å². The highest BCUT2D eigenvalue weighted by molar-refractivity contribution is 14.1. The summed E-state index contributed by atoms with van der Waals surface area (Å²) in [6.07, 6.45) is 0.594. The molecule has 2 nitrogen and oxygen atoms in total. The molecule has 0 aliphatic heterocycles. The summed E-state index contributed by atoms with van der Waals surface area (Å²) in [6.45, 7) is 2.89. The molecule has 0 heterocycles. The van der Waals surface area contributed by atoms with Crippen LogP contribution in [-0.2, 0) is 6.42 Å². The fourth-order valence-corrected chi connectivity index (χ4v) is 2.94. The quantitative estimate of drug-likeness (QED) is 0.731. The number of rotatable bonds is 6. The van der Waals surface area contributed by atoms with Crippen LogP contribution in [0, 0.1) is 9.39 Å². The third-order valence-corrected chi connectivity index (χ3v) is 4.06. The Morgan fingerprint density at radius 2 is 2.00 bits per heavy atom. The van der Waals surface area contributed by atoms with Crippen molar-refractivity contribution in [2.24, 2.45) is 0 Å². The zero-order valence-corrected chi connectivity index (χ0v) is 14.4. The van der Waals surface area contributed by atoms with Crippen LogP contribution < -0.4 is 10.1 Å². The highest BCUT2D eigenvalue weighted by Crippen LogP contribution is 2.26. The van der Waals surface area contributed by atoms with Crippen molar-refractivity contribution >= 4 is 22.6 Å². The van der Waals surface area contributed by atoms with Crippen LogP contribution in [0.4, 0.5) is 4.39 Å². The van der Waals surface area contributed by atoms with E-state index in [9.17, 15) is 4.39 Å². The molecular weight excluding hydrogens is 380 g/mol. The summed E-state index contributed by atoms with van der Waals surface area (Å²) in [5.74, 6) is 0.0268. The third kappa shape index (κ3) is 4.17. The van der Waals surface area contributed by atoms with E-state index in [0.717, 1.165) is 6.54 Å². The Bertz CT molecular complexity index is 603. The molecule has 0 fully saturated rings. The number of halogens is 2. The predicted molar refractivity (Wildman–Crippen MR) is 92.2 cm³/mol. The van der Waals surface area contributed by atoms with Crippen LogP contribution in [-0.4, -0.2) is 13.7 Å². The normalized spacial score (nSPS) is 12.2. The molecular formula is C17H19FINO. The fraction of sp³-hybridized carbons (Fsp3) is 0.294. The number of hydrogen-bond acceptors (Lipinski definition) is 2. The van der Waals surface area contributed by atoms with Gasteiger partial charge in [0.2, 0.25) is 0 Å². The molecule has 0 bridgehead atoms. The number of nitrogens with one attached hydrogen (secondary N) is 1. The van der Waals surface area contributed by atoms with Gasteiger partial charge in [-0.3, -0.25) is 0 Å². The lowest BCUT2D eigenvalue weighted by molar-refractivity contribution is 0.382. The first-order chi connectivity index (χ1) is 10.2. The van der Waals surface area contributed by atoms with Crippen molar-refractivity contribution in [3.8, 4) is 5.75 Å². The molecule has 0 spiro atoms. The van der Waals surface area contributed by atoms with Crippen LogP contribution >= 0.6 is 22.6 Å². The molecule has 112 valence electrons. The lowest BCUT2D eigenvalue weighted by Gasteiger charge is -2.19. The predicted octanol–water partition coefficient (Wildman–Crippen LogP) is 4.33. The van der Waals surface area contributed by atoms with Gasteiger partial charge >= 0.3 is 0 Å². The van der Waals surface area contributed by atoms with Crippen molar-refractivity contribution in [1.82, 2.24) is 5.32 Å². The van der Waals surface area contributed by atoms with Crippen molar-refractivity contribution in [3.05, 3.63) is 63.0 Å². The molecule has 0 saturated carbocycles. The molecule has 2 aromatic carbocycles. The van der Waals surface area contributed by atoms with E-state index in [1.807, 2.05) is 18.2 Å². The molecule has 2 aromatic rings. The third-order valence-electron chi connectivity index (χ3n) is 3.39. The maximum absolute atomic E-state index is 14.3. The zero-order chi connectivity index (χ0) is 15.2. The van der Waals surface area contributed by atoms with Crippen LogP contribution in [0.15, 0.2) is 42.5 Å². The van der Waals surface area contributed by atoms with Crippen molar-refractivity contribution < 1.29 is 9.13 Å². The lowest BCUT2D eigenvalue weighted by atomic mass is 9.98. The standard InChI is InChI=1S/C17H19FINO/c1-3-20-15(12-6-4-8-14(19)10-12)11-13-7-5-9-16(21-2)17(13)18/h4-10,15,20H,3,11H2,1-2H3. The minimum absolute atomic E-state index is 0.0892. The van der Waals surface area contributed by atoms with E-state index in [2.05, 4.69) is 53.0 Å². The van der Waals surface area contributed by atoms with Gasteiger partial charge in [-0.25, -0.2) is 4.39 Å². The first-order valence-corrected chi connectivity index (χ1v) is 8.03. The SMILES string of the molecule is CCNC(Cc1cccc(OC)c1F)c1cccc(I)c1. The first kappa shape index (κ1) is 16.2. The molecule has 0 amide bonds. The van der Waals surface area contributed by atoms with Crippen LogP contribution in [0.3, 0.4) is 0 Å². The first-order valence-electron chi connectivity index (χ1n) is 6.96. The second-order valence-electron chi connectivity index (χ2n) is 4.80. The zero-order valence-electron chi connectivity index (χ0n) is 12.2. The molecule has 1 unspecified atom stereocenters. The molecule has 2 rings (SSSR count). The van der Waals surface area contributed by atoms with E-state index in [-0.39, 0.29) is 11.9 Å². The van der Waals surface area contributed by atoms with Gasteiger partial charge < -0.3 is 10.1 Å². The molecule has 21 heavy (non-hydrogen) atoms. The number of ether oxygens (including phenoxy) is 1. The summed E-state index contributed by atoms with van der Waals surface area (Å²) in [4.78, 5) is 0. The number of hydrogen-bond donors (Lipinski definition) is 1. The van der Waals surface area contributed by atoms with Crippen LogP contribution in [0.1, 0.15) is 24.1 Å². The van der Waals surface area contributed by atoms with E-state index < -0.39 is 0 Å². The van der Waals surface area contributed by atoms with E-state index in [0.29, 0.717) is 17.7 Å². The highest BCUT2D eigenvalue weighted by Gasteiger charge is 2.16. The van der Waals surface area contributed by atoms with Crippen molar-refractivity contribution in [1.29, 1.82) is 0 Å². The number of benzene rings is 2. The second kappa shape index (κ2) is 7.75. The Labute approximate surface area is 138 Å². The maximum atomic E-state index is 14.3. The van der Waals surface area contributed by atoms with E-state index in [1.165, 1.54) is 16.2 Å². The Hall–Kier alpha value is -1.14. The van der Waals surface area contributed by atoms with Gasteiger partial charge in [0.1, 0.15) is 0 Å². The van der Waals surface area contributed by atoms with E-state index in [1.54, 1.807) is 6.07 Å². The summed E-state index contributed by atoms with van der Waals surface area (Å²) in [6, 6.07) is 13.7. The van der Waals surface area contributed by atoms with Crippen molar-refractivity contribution in [2.75, 3.05) is 13.7 Å². The van der Waals surface area contributed by atoms with Gasteiger partial charge in [-0.1, -0.05) is 31.2 Å². The van der Waals surface area contributed by atoms with Crippen LogP contribution in [0.2, 0.25) is 0 Å². The van der Waals surface area contributed by atoms with Gasteiger partial charge in [0, 0.05) is 9.61 Å². The highest BCUT2D eigenvalue weighted by atomic mass is 127. The average Bonchev–Trinajstić information content (AvgIpc) is 2.48. The largest absolute Gasteiger partial charge is 0.494 e. The number of likely N-dealkylation sites (N-methyl/N-ethyl adjacent to an activating group) is 1. The molecule has 0 aromatic heterocycles. The lowest BCUT2D eigenvalue weighted by Crippen LogP contribution is -2.23. The van der Waals surface area contributed by atoms with Gasteiger partial charge in [0.25, 0.3) is 0 Å². The molecule has 1 atom stereocenters. The summed E-state index contributed by atoms with van der Waals surface area (Å²) >= 11 is 2.29. The van der Waals surface area contributed by atoms with Crippen molar-refractivity contribution in [2.45, 2.75) is 19.4 Å². The van der Waals surface area contributed by atoms with Gasteiger partial charge in [-0.2, -0.15) is 0 Å². The molecule has 0 saturated heterocycles. The van der Waals surface area contributed by atoms with Crippen LogP contribution in [0.5, 0.6) is 5.75 Å². The minimum Gasteiger partial charge on any atom is -0.494 e. The number of methoxy groups -OCH3 is 1. The van der Waals surface area contributed by atoms with Gasteiger partial charge in [-0.15, -0.1) is 0 Å². The van der Waals surface area contributed by atoms with E-state index >= 15 is 0 Å². The molecule has 1 N–H and O–H groups in total. The van der Waals surface area contributed by atoms with Gasteiger partial charge in [-0.05, 0) is 64.9 Å². The van der Waals surface area contributed by atoms with Crippen LogP contribution in [0.25, 0.3) is 0 Å². The molecule has 4 heteroatoms. The van der Waals surface area contributed by atoms with Crippen molar-refractivity contribution in [3.63, 3.8) is 0 Å².